The molecule has 0 spiro atoms. The van der Waals surface area contributed by atoms with Gasteiger partial charge in [0.05, 0.1) is 5.54 Å². The van der Waals surface area contributed by atoms with E-state index in [1.807, 2.05) is 38.1 Å². The fourth-order valence-corrected chi connectivity index (χ4v) is 3.69. The van der Waals surface area contributed by atoms with Gasteiger partial charge in [-0.3, -0.25) is 9.52 Å². The van der Waals surface area contributed by atoms with Crippen LogP contribution in [0.25, 0.3) is 0 Å². The van der Waals surface area contributed by atoms with Crippen molar-refractivity contribution in [2.45, 2.75) is 71.2 Å². The zero-order chi connectivity index (χ0) is 22.4. The number of rotatable bonds is 7. The predicted octanol–water partition coefficient (Wildman–Crippen LogP) is 4.58. The lowest BCUT2D eigenvalue weighted by Crippen LogP contribution is -2.35. The molecule has 0 radical (unpaired) electrons. The average molecular weight is 444 g/mol. The van der Waals surface area contributed by atoms with Crippen LogP contribution in [0.5, 0.6) is 0 Å². The lowest BCUT2D eigenvalue weighted by molar-refractivity contribution is -0.120. The maximum atomic E-state index is 10.6. The summed E-state index contributed by atoms with van der Waals surface area (Å²) in [6.45, 7) is 9.53. The highest BCUT2D eigenvalue weighted by Gasteiger charge is 2.20. The predicted molar refractivity (Wildman–Crippen MR) is 126 cm³/mol. The molecule has 0 heterocycles. The number of nitrogens with one attached hydrogen (secondary N) is 2. The molecule has 2 unspecified atom stereocenters. The number of carbonyl (C=O) groups excluding carboxylic acids is 2. The number of hydrogen-bond acceptors (Lipinski definition) is 5. The van der Waals surface area contributed by atoms with Crippen molar-refractivity contribution in [2.75, 3.05) is 7.05 Å². The van der Waals surface area contributed by atoms with Gasteiger partial charge in [0.2, 0.25) is 5.91 Å². The quantitative estimate of drug-likeness (QED) is 0.424. The first-order valence-electron chi connectivity index (χ1n) is 10.1. The second kappa shape index (κ2) is 14.8. The van der Waals surface area contributed by atoms with Crippen LogP contribution in [0.15, 0.2) is 24.3 Å². The minimum atomic E-state index is -0.494. The highest BCUT2D eigenvalue weighted by molar-refractivity contribution is 7.96. The molecule has 1 aromatic rings. The monoisotopic (exact) mass is 443 g/mol. The molecule has 0 saturated heterocycles. The Morgan fingerprint density at radius 2 is 1.93 bits per heavy atom. The Bertz CT molecular complexity index is 611. The van der Waals surface area contributed by atoms with Crippen molar-refractivity contribution < 1.29 is 9.59 Å². The van der Waals surface area contributed by atoms with Crippen molar-refractivity contribution in [3.05, 3.63) is 34.9 Å². The highest BCUT2D eigenvalue weighted by atomic mass is 35.5. The summed E-state index contributed by atoms with van der Waals surface area (Å²) < 4.78 is 3.07. The van der Waals surface area contributed by atoms with Gasteiger partial charge in [-0.05, 0) is 51.3 Å². The SMILES string of the molecule is CC(C)(C=O)NSCc1ccccc1Cl.CC(C)C(N)=O.CNC1CCCC1C. The van der Waals surface area contributed by atoms with Gasteiger partial charge in [0, 0.05) is 22.7 Å². The summed E-state index contributed by atoms with van der Waals surface area (Å²) in [4.78, 5) is 20.6. The number of halogens is 1. The molecule has 0 aliphatic heterocycles. The van der Waals surface area contributed by atoms with Gasteiger partial charge >= 0.3 is 0 Å². The first kappa shape index (κ1) is 27.9. The standard InChI is InChI=1S/C11H14ClNOS.C7H15N.C4H9NO/c1-11(2,8-14)13-15-7-9-5-3-4-6-10(9)12;1-6-4-3-5-7(6)8-2;1-3(2)4(5)6/h3-6,8,13H,7H2,1-2H3;6-8H,3-5H2,1-2H3;3H,1-2H3,(H2,5,6). The van der Waals surface area contributed by atoms with E-state index >= 15 is 0 Å². The molecule has 0 bridgehead atoms. The van der Waals surface area contributed by atoms with Crippen LogP contribution in [-0.4, -0.2) is 30.8 Å². The van der Waals surface area contributed by atoms with Gasteiger partial charge in [-0.15, -0.1) is 0 Å². The fourth-order valence-electron chi connectivity index (χ4n) is 2.51. The number of aldehydes is 1. The number of primary amides is 1. The molecule has 1 aliphatic carbocycles. The Morgan fingerprint density at radius 3 is 2.31 bits per heavy atom. The molecule has 1 aromatic carbocycles. The van der Waals surface area contributed by atoms with E-state index in [1.54, 1.807) is 13.8 Å². The van der Waals surface area contributed by atoms with E-state index in [9.17, 15) is 9.59 Å². The molecule has 2 rings (SSSR count). The van der Waals surface area contributed by atoms with E-state index in [1.165, 1.54) is 31.2 Å². The van der Waals surface area contributed by atoms with Gasteiger partial charge in [-0.25, -0.2) is 0 Å². The molecule has 1 fully saturated rings. The van der Waals surface area contributed by atoms with Gasteiger partial charge in [-0.1, -0.05) is 68.9 Å². The maximum Gasteiger partial charge on any atom is 0.219 e. The largest absolute Gasteiger partial charge is 0.369 e. The van der Waals surface area contributed by atoms with Crippen LogP contribution >= 0.6 is 23.5 Å². The van der Waals surface area contributed by atoms with Gasteiger partial charge in [0.15, 0.2) is 0 Å². The van der Waals surface area contributed by atoms with Gasteiger partial charge in [0.25, 0.3) is 0 Å². The summed E-state index contributed by atoms with van der Waals surface area (Å²) >= 11 is 7.48. The molecular weight excluding hydrogens is 406 g/mol. The third-order valence-corrected chi connectivity index (χ3v) is 6.11. The van der Waals surface area contributed by atoms with E-state index in [2.05, 4.69) is 24.0 Å². The van der Waals surface area contributed by atoms with E-state index < -0.39 is 5.54 Å². The van der Waals surface area contributed by atoms with Gasteiger partial charge < -0.3 is 15.8 Å². The van der Waals surface area contributed by atoms with Crippen LogP contribution in [0.2, 0.25) is 5.02 Å². The van der Waals surface area contributed by atoms with Crippen molar-refractivity contribution >= 4 is 35.7 Å². The van der Waals surface area contributed by atoms with Crippen molar-refractivity contribution in [2.24, 2.45) is 17.6 Å². The van der Waals surface area contributed by atoms with E-state index in [4.69, 9.17) is 17.3 Å². The molecule has 1 amide bonds. The normalized spacial score (nSPS) is 18.3. The molecule has 7 heteroatoms. The van der Waals surface area contributed by atoms with Crippen molar-refractivity contribution in [1.29, 1.82) is 0 Å². The Morgan fingerprint density at radius 1 is 1.34 bits per heavy atom. The summed E-state index contributed by atoms with van der Waals surface area (Å²) in [7, 11) is 2.06. The first-order chi connectivity index (χ1) is 13.5. The first-order valence-corrected chi connectivity index (χ1v) is 11.5. The molecule has 5 nitrogen and oxygen atoms in total. The molecule has 166 valence electrons. The second-order valence-electron chi connectivity index (χ2n) is 8.18. The van der Waals surface area contributed by atoms with Crippen molar-refractivity contribution in [3.63, 3.8) is 0 Å². The molecule has 29 heavy (non-hydrogen) atoms. The lowest BCUT2D eigenvalue weighted by atomic mass is 10.1. The van der Waals surface area contributed by atoms with E-state index in [0.29, 0.717) is 0 Å². The maximum absolute atomic E-state index is 10.6. The second-order valence-corrected chi connectivity index (χ2v) is 9.37. The lowest BCUT2D eigenvalue weighted by Gasteiger charge is -2.17. The minimum absolute atomic E-state index is 0.00926. The summed E-state index contributed by atoms with van der Waals surface area (Å²) in [6, 6.07) is 8.51. The number of carbonyl (C=O) groups is 2. The van der Waals surface area contributed by atoms with Crippen molar-refractivity contribution in [3.8, 4) is 0 Å². The highest BCUT2D eigenvalue weighted by Crippen LogP contribution is 2.24. The molecule has 1 aliphatic rings. The van der Waals surface area contributed by atoms with Crippen LogP contribution < -0.4 is 15.8 Å². The molecule has 0 aromatic heterocycles. The number of benzene rings is 1. The van der Waals surface area contributed by atoms with Crippen molar-refractivity contribution in [1.82, 2.24) is 10.0 Å². The Kier molecular flexibility index (Phi) is 14.3. The minimum Gasteiger partial charge on any atom is -0.369 e. The summed E-state index contributed by atoms with van der Waals surface area (Å²) in [5.41, 5.74) is 5.37. The molecular formula is C22H38ClN3O2S. The Balaban J connectivity index is 0.000000468. The Labute approximate surface area is 186 Å². The molecule has 1 saturated carbocycles. The molecule has 4 N–H and O–H groups in total. The van der Waals surface area contributed by atoms with Crippen LogP contribution in [-0.2, 0) is 15.3 Å². The third kappa shape index (κ3) is 13.0. The van der Waals surface area contributed by atoms with Gasteiger partial charge in [-0.2, -0.15) is 0 Å². The van der Waals surface area contributed by atoms with E-state index in [-0.39, 0.29) is 11.8 Å². The fraction of sp³-hybridized carbons (Fsp3) is 0.636. The molecule has 2 atom stereocenters. The number of amides is 1. The topological polar surface area (TPSA) is 84.2 Å². The summed E-state index contributed by atoms with van der Waals surface area (Å²) in [5, 5.41) is 4.07. The van der Waals surface area contributed by atoms with Crippen LogP contribution in [0, 0.1) is 11.8 Å². The third-order valence-electron chi connectivity index (χ3n) is 4.62. The summed E-state index contributed by atoms with van der Waals surface area (Å²) in [5.74, 6) is 1.41. The van der Waals surface area contributed by atoms with Crippen LogP contribution in [0.1, 0.15) is 59.4 Å². The zero-order valence-corrected chi connectivity index (χ0v) is 20.2. The van der Waals surface area contributed by atoms with E-state index in [0.717, 1.165) is 34.6 Å². The zero-order valence-electron chi connectivity index (χ0n) is 18.6. The van der Waals surface area contributed by atoms with Crippen LogP contribution in [0.3, 0.4) is 0 Å². The summed E-state index contributed by atoms with van der Waals surface area (Å²) in [6.07, 6.45) is 5.13. The van der Waals surface area contributed by atoms with Crippen LogP contribution in [0.4, 0.5) is 0 Å². The smallest absolute Gasteiger partial charge is 0.219 e. The van der Waals surface area contributed by atoms with Gasteiger partial charge in [0.1, 0.15) is 6.29 Å². The number of nitrogens with two attached hydrogens (primary N) is 1. The Hall–Kier alpha value is -1.08. The number of hydrogen-bond donors (Lipinski definition) is 3. The average Bonchev–Trinajstić information content (AvgIpc) is 3.09.